The van der Waals surface area contributed by atoms with E-state index in [1.54, 1.807) is 31.2 Å². The molecule has 1 atom stereocenters. The Morgan fingerprint density at radius 3 is 2.50 bits per heavy atom. The lowest BCUT2D eigenvalue weighted by molar-refractivity contribution is 0.395. The van der Waals surface area contributed by atoms with Crippen LogP contribution in [0.5, 0.6) is 5.88 Å². The van der Waals surface area contributed by atoms with E-state index in [-0.39, 0.29) is 11.4 Å². The molecule has 2 aromatic rings. The topological polar surface area (TPSA) is 75.1 Å². The van der Waals surface area contributed by atoms with Gasteiger partial charge in [-0.05, 0) is 24.6 Å². The largest absolute Gasteiger partial charge is 0.494 e. The first kappa shape index (κ1) is 14.3. The predicted octanol–water partition coefficient (Wildman–Crippen LogP) is 2.42. The van der Waals surface area contributed by atoms with Gasteiger partial charge >= 0.3 is 5.69 Å². The number of aromatic hydroxyl groups is 1. The molecule has 6 heteroatoms. The van der Waals surface area contributed by atoms with Crippen LogP contribution in [0.4, 0.5) is 0 Å². The van der Waals surface area contributed by atoms with Crippen LogP contribution in [0.3, 0.4) is 0 Å². The van der Waals surface area contributed by atoms with Gasteiger partial charge in [0.25, 0.3) is 5.56 Å². The Morgan fingerprint density at radius 1 is 1.35 bits per heavy atom. The number of H-pyrrole nitrogens is 1. The van der Waals surface area contributed by atoms with Crippen LogP contribution < -0.4 is 11.2 Å². The predicted molar refractivity (Wildman–Crippen MR) is 81.0 cm³/mol. The second kappa shape index (κ2) is 5.50. The van der Waals surface area contributed by atoms with Gasteiger partial charge in [0.05, 0.1) is 6.04 Å². The van der Waals surface area contributed by atoms with E-state index >= 15 is 0 Å². The number of allylic oxidation sites excluding steroid dienone is 1. The maximum absolute atomic E-state index is 11.9. The van der Waals surface area contributed by atoms with Gasteiger partial charge in [0.2, 0.25) is 5.88 Å². The Bertz CT molecular complexity index is 759. The molecular formula is C14H13BrN2O3. The van der Waals surface area contributed by atoms with Gasteiger partial charge in [-0.15, -0.1) is 6.58 Å². The van der Waals surface area contributed by atoms with Crippen molar-refractivity contribution in [2.75, 3.05) is 0 Å². The van der Waals surface area contributed by atoms with E-state index in [1.165, 1.54) is 6.08 Å². The molecule has 0 saturated carbocycles. The summed E-state index contributed by atoms with van der Waals surface area (Å²) in [5, 5.41) is 10.3. The van der Waals surface area contributed by atoms with Gasteiger partial charge < -0.3 is 5.11 Å². The minimum absolute atomic E-state index is 0.0609. The van der Waals surface area contributed by atoms with Crippen molar-refractivity contribution in [2.45, 2.75) is 13.0 Å². The molecule has 104 valence electrons. The highest BCUT2D eigenvalue weighted by atomic mass is 79.9. The fraction of sp³-hybridized carbons (Fsp3) is 0.143. The Labute approximate surface area is 123 Å². The molecule has 0 bridgehead atoms. The highest BCUT2D eigenvalue weighted by Crippen LogP contribution is 2.27. The van der Waals surface area contributed by atoms with E-state index in [1.807, 2.05) is 0 Å². The molecule has 2 rings (SSSR count). The van der Waals surface area contributed by atoms with Crippen molar-refractivity contribution >= 4 is 15.9 Å². The Hall–Kier alpha value is -2.08. The third-order valence-electron chi connectivity index (χ3n) is 3.00. The summed E-state index contributed by atoms with van der Waals surface area (Å²) in [6.07, 6.45) is 1.50. The van der Waals surface area contributed by atoms with Crippen molar-refractivity contribution in [3.8, 4) is 17.0 Å². The molecule has 0 spiro atoms. The number of hydrogen-bond donors (Lipinski definition) is 2. The molecule has 0 aliphatic rings. The van der Waals surface area contributed by atoms with Crippen molar-refractivity contribution in [1.82, 2.24) is 9.55 Å². The zero-order valence-electron chi connectivity index (χ0n) is 10.8. The molecule has 0 aliphatic carbocycles. The Morgan fingerprint density at radius 2 is 1.95 bits per heavy atom. The molecule has 0 fully saturated rings. The first-order valence-corrected chi connectivity index (χ1v) is 6.71. The zero-order chi connectivity index (χ0) is 14.9. The van der Waals surface area contributed by atoms with Crippen molar-refractivity contribution < 1.29 is 5.11 Å². The lowest BCUT2D eigenvalue weighted by Gasteiger charge is -2.14. The lowest BCUT2D eigenvalue weighted by atomic mass is 10.1. The average molecular weight is 337 g/mol. The number of aromatic nitrogens is 2. The van der Waals surface area contributed by atoms with Gasteiger partial charge in [0.15, 0.2) is 0 Å². The van der Waals surface area contributed by atoms with E-state index < -0.39 is 17.3 Å². The quantitative estimate of drug-likeness (QED) is 0.845. The smallest absolute Gasteiger partial charge is 0.331 e. The molecule has 1 unspecified atom stereocenters. The molecule has 1 aromatic heterocycles. The van der Waals surface area contributed by atoms with Crippen molar-refractivity contribution in [3.63, 3.8) is 0 Å². The van der Waals surface area contributed by atoms with Crippen LogP contribution in [0.2, 0.25) is 0 Å². The summed E-state index contributed by atoms with van der Waals surface area (Å²) in [6.45, 7) is 5.28. The fourth-order valence-corrected chi connectivity index (χ4v) is 2.16. The van der Waals surface area contributed by atoms with Gasteiger partial charge in [-0.1, -0.05) is 34.1 Å². The Kier molecular flexibility index (Phi) is 3.94. The van der Waals surface area contributed by atoms with Crippen molar-refractivity contribution in [3.05, 3.63) is 62.2 Å². The van der Waals surface area contributed by atoms with E-state index in [0.717, 1.165) is 9.04 Å². The number of rotatable bonds is 3. The van der Waals surface area contributed by atoms with Crippen LogP contribution >= 0.6 is 15.9 Å². The first-order valence-electron chi connectivity index (χ1n) is 5.92. The summed E-state index contributed by atoms with van der Waals surface area (Å²) in [6, 6.07) is 6.43. The summed E-state index contributed by atoms with van der Waals surface area (Å²) >= 11 is 3.30. The summed E-state index contributed by atoms with van der Waals surface area (Å²) in [7, 11) is 0. The van der Waals surface area contributed by atoms with E-state index in [0.29, 0.717) is 5.56 Å². The third kappa shape index (κ3) is 2.46. The molecule has 1 heterocycles. The van der Waals surface area contributed by atoms with Gasteiger partial charge in [0, 0.05) is 4.47 Å². The lowest BCUT2D eigenvalue weighted by Crippen LogP contribution is -2.32. The van der Waals surface area contributed by atoms with E-state index in [2.05, 4.69) is 27.5 Å². The highest BCUT2D eigenvalue weighted by molar-refractivity contribution is 9.10. The number of halogens is 1. The van der Waals surface area contributed by atoms with Crippen LogP contribution in [0, 0.1) is 0 Å². The van der Waals surface area contributed by atoms with Crippen LogP contribution in [-0.4, -0.2) is 14.7 Å². The number of hydrogen-bond acceptors (Lipinski definition) is 3. The van der Waals surface area contributed by atoms with Gasteiger partial charge in [-0.2, -0.15) is 0 Å². The molecule has 0 aliphatic heterocycles. The molecule has 0 radical (unpaired) electrons. The molecule has 0 saturated heterocycles. The molecule has 1 aromatic carbocycles. The number of aromatic amines is 1. The molecular weight excluding hydrogens is 324 g/mol. The van der Waals surface area contributed by atoms with Gasteiger partial charge in [-0.25, -0.2) is 4.79 Å². The molecule has 2 N–H and O–H groups in total. The van der Waals surface area contributed by atoms with Crippen molar-refractivity contribution in [1.29, 1.82) is 0 Å². The third-order valence-corrected chi connectivity index (χ3v) is 3.53. The normalized spacial score (nSPS) is 12.1. The van der Waals surface area contributed by atoms with Crippen molar-refractivity contribution in [2.24, 2.45) is 0 Å². The zero-order valence-corrected chi connectivity index (χ0v) is 12.3. The van der Waals surface area contributed by atoms with E-state index in [9.17, 15) is 14.7 Å². The highest BCUT2D eigenvalue weighted by Gasteiger charge is 2.18. The summed E-state index contributed by atoms with van der Waals surface area (Å²) < 4.78 is 1.94. The standard InChI is InChI=1S/C14H13BrN2O3/c1-3-8(2)17-13(19)11(12(18)16-14(17)20)9-4-6-10(15)7-5-9/h3-8,19H,1H2,2H3,(H,16,18,20). The minimum atomic E-state index is -0.666. The van der Waals surface area contributed by atoms with Crippen LogP contribution in [0.15, 0.2) is 51.0 Å². The summed E-state index contributed by atoms with van der Waals surface area (Å²) in [4.78, 5) is 25.9. The summed E-state index contributed by atoms with van der Waals surface area (Å²) in [5.74, 6) is -0.367. The maximum atomic E-state index is 11.9. The Balaban J connectivity index is 2.77. The van der Waals surface area contributed by atoms with Gasteiger partial charge in [0.1, 0.15) is 5.56 Å². The second-order valence-corrected chi connectivity index (χ2v) is 5.23. The van der Waals surface area contributed by atoms with Crippen LogP contribution in [0.1, 0.15) is 13.0 Å². The van der Waals surface area contributed by atoms with E-state index in [4.69, 9.17) is 0 Å². The maximum Gasteiger partial charge on any atom is 0.331 e. The average Bonchev–Trinajstić information content (AvgIpc) is 2.40. The molecule has 0 amide bonds. The van der Waals surface area contributed by atoms with Gasteiger partial charge in [-0.3, -0.25) is 14.3 Å². The fourth-order valence-electron chi connectivity index (χ4n) is 1.90. The molecule has 20 heavy (non-hydrogen) atoms. The summed E-state index contributed by atoms with van der Waals surface area (Å²) in [5.41, 5.74) is -0.703. The molecule has 5 nitrogen and oxygen atoms in total. The van der Waals surface area contributed by atoms with Crippen LogP contribution in [0.25, 0.3) is 11.1 Å². The first-order chi connectivity index (χ1) is 9.45. The SMILES string of the molecule is C=CC(C)n1c(O)c(-c2ccc(Br)cc2)c(=O)[nH]c1=O. The second-order valence-electron chi connectivity index (χ2n) is 4.31. The number of nitrogens with one attached hydrogen (secondary N) is 1. The van der Waals surface area contributed by atoms with Crippen LogP contribution in [-0.2, 0) is 0 Å². The number of benzene rings is 1. The number of nitrogens with zero attached hydrogens (tertiary/aromatic N) is 1. The monoisotopic (exact) mass is 336 g/mol. The minimum Gasteiger partial charge on any atom is -0.494 e.